The van der Waals surface area contributed by atoms with Gasteiger partial charge in [-0.05, 0) is 73.4 Å². The molecule has 0 aromatic heterocycles. The fourth-order valence-corrected chi connectivity index (χ4v) is 4.95. The first kappa shape index (κ1) is 25.3. The standard InChI is InChI=1S/C27H31NO5S/c1-3-4-9-22-13-15-23(16-14-22)28(34(30,31)26-10-6-5-7-11-26)27(29)12-8-21-33-25-19-17-24(32-2)18-20-25/h5-7,10-11,13-20H,3-4,8-9,12,21H2,1-2H3. The Hall–Kier alpha value is -3.32. The van der Waals surface area contributed by atoms with Gasteiger partial charge in [-0.25, -0.2) is 12.7 Å². The van der Waals surface area contributed by atoms with Crippen molar-refractivity contribution in [1.29, 1.82) is 0 Å². The predicted octanol–water partition coefficient (Wildman–Crippen LogP) is 5.62. The Morgan fingerprint density at radius 2 is 1.50 bits per heavy atom. The van der Waals surface area contributed by atoms with E-state index in [1.54, 1.807) is 61.7 Å². The van der Waals surface area contributed by atoms with Crippen LogP contribution in [0.1, 0.15) is 38.2 Å². The van der Waals surface area contributed by atoms with E-state index in [-0.39, 0.29) is 17.9 Å². The number of nitrogens with zero attached hydrogens (tertiary/aromatic N) is 1. The van der Waals surface area contributed by atoms with Gasteiger partial charge in [0.05, 0.1) is 24.3 Å². The third kappa shape index (κ3) is 6.60. The maximum absolute atomic E-state index is 13.4. The van der Waals surface area contributed by atoms with Gasteiger partial charge in [0.25, 0.3) is 10.0 Å². The van der Waals surface area contributed by atoms with E-state index in [1.807, 2.05) is 12.1 Å². The van der Waals surface area contributed by atoms with Crippen LogP contribution >= 0.6 is 0 Å². The molecule has 34 heavy (non-hydrogen) atoms. The van der Waals surface area contributed by atoms with Gasteiger partial charge in [-0.2, -0.15) is 0 Å². The average Bonchev–Trinajstić information content (AvgIpc) is 2.87. The summed E-state index contributed by atoms with van der Waals surface area (Å²) in [5, 5.41) is 0. The maximum Gasteiger partial charge on any atom is 0.270 e. The summed E-state index contributed by atoms with van der Waals surface area (Å²) >= 11 is 0. The van der Waals surface area contributed by atoms with Crippen molar-refractivity contribution in [1.82, 2.24) is 0 Å². The molecule has 0 aliphatic heterocycles. The molecule has 0 aliphatic carbocycles. The van der Waals surface area contributed by atoms with Crippen LogP contribution in [-0.4, -0.2) is 28.0 Å². The molecule has 0 N–H and O–H groups in total. The zero-order chi connectivity index (χ0) is 24.4. The quantitative estimate of drug-likeness (QED) is 0.314. The topological polar surface area (TPSA) is 72.9 Å². The summed E-state index contributed by atoms with van der Waals surface area (Å²) in [6.07, 6.45) is 3.45. The fourth-order valence-electron chi connectivity index (χ4n) is 3.48. The molecule has 0 atom stereocenters. The van der Waals surface area contributed by atoms with Crippen molar-refractivity contribution in [3.8, 4) is 11.5 Å². The van der Waals surface area contributed by atoms with Crippen molar-refractivity contribution in [3.05, 3.63) is 84.4 Å². The third-order valence-corrected chi connectivity index (χ3v) is 7.12. The molecule has 0 unspecified atom stereocenters. The molecule has 6 nitrogen and oxygen atoms in total. The van der Waals surface area contributed by atoms with E-state index in [1.165, 1.54) is 12.1 Å². The Bertz CT molecular complexity index is 1140. The van der Waals surface area contributed by atoms with Crippen molar-refractivity contribution in [3.63, 3.8) is 0 Å². The van der Waals surface area contributed by atoms with E-state index in [0.717, 1.165) is 34.9 Å². The minimum absolute atomic E-state index is 0.0276. The van der Waals surface area contributed by atoms with Gasteiger partial charge in [0.1, 0.15) is 11.5 Å². The number of methoxy groups -OCH3 is 1. The number of aryl methyl sites for hydroxylation is 1. The lowest BCUT2D eigenvalue weighted by Crippen LogP contribution is -2.37. The molecule has 0 bridgehead atoms. The summed E-state index contributed by atoms with van der Waals surface area (Å²) in [6, 6.07) is 22.4. The predicted molar refractivity (Wildman–Crippen MR) is 134 cm³/mol. The van der Waals surface area contributed by atoms with Crippen LogP contribution in [0.2, 0.25) is 0 Å². The Morgan fingerprint density at radius 1 is 0.853 bits per heavy atom. The highest BCUT2D eigenvalue weighted by Crippen LogP contribution is 2.26. The third-order valence-electron chi connectivity index (χ3n) is 5.36. The Labute approximate surface area is 202 Å². The van der Waals surface area contributed by atoms with Crippen LogP contribution in [-0.2, 0) is 21.2 Å². The summed E-state index contributed by atoms with van der Waals surface area (Å²) in [4.78, 5) is 13.3. The molecule has 0 fully saturated rings. The van der Waals surface area contributed by atoms with Gasteiger partial charge in [0.15, 0.2) is 0 Å². The number of carbonyl (C=O) groups is 1. The van der Waals surface area contributed by atoms with Gasteiger partial charge < -0.3 is 9.47 Å². The molecule has 0 aliphatic rings. The second-order valence-corrected chi connectivity index (χ2v) is 9.66. The van der Waals surface area contributed by atoms with Crippen molar-refractivity contribution < 1.29 is 22.7 Å². The number of sulfonamides is 1. The highest BCUT2D eigenvalue weighted by Gasteiger charge is 2.30. The van der Waals surface area contributed by atoms with E-state index < -0.39 is 15.9 Å². The Kier molecular flexibility index (Phi) is 9.10. The molecule has 7 heteroatoms. The molecule has 1 amide bonds. The highest BCUT2D eigenvalue weighted by atomic mass is 32.2. The molecule has 180 valence electrons. The molecular weight excluding hydrogens is 450 g/mol. The number of benzene rings is 3. The molecule has 3 aromatic rings. The van der Waals surface area contributed by atoms with Crippen LogP contribution in [0.15, 0.2) is 83.8 Å². The van der Waals surface area contributed by atoms with E-state index in [0.29, 0.717) is 17.9 Å². The molecule has 0 radical (unpaired) electrons. The molecule has 3 aromatic carbocycles. The van der Waals surface area contributed by atoms with Crippen LogP contribution < -0.4 is 13.8 Å². The lowest BCUT2D eigenvalue weighted by atomic mass is 10.1. The minimum atomic E-state index is -4.05. The van der Waals surface area contributed by atoms with E-state index in [9.17, 15) is 13.2 Å². The molecule has 0 spiro atoms. The maximum atomic E-state index is 13.4. The SMILES string of the molecule is CCCCc1ccc(N(C(=O)CCCOc2ccc(OC)cc2)S(=O)(=O)c2ccccc2)cc1. The molecule has 0 saturated carbocycles. The largest absolute Gasteiger partial charge is 0.497 e. The summed E-state index contributed by atoms with van der Waals surface area (Å²) in [7, 11) is -2.46. The minimum Gasteiger partial charge on any atom is -0.497 e. The van der Waals surface area contributed by atoms with Crippen LogP contribution in [0, 0.1) is 0 Å². The second-order valence-electron chi connectivity index (χ2n) is 7.87. The summed E-state index contributed by atoms with van der Waals surface area (Å²) in [6.45, 7) is 2.41. The van der Waals surface area contributed by atoms with E-state index in [2.05, 4.69) is 6.92 Å². The molecular formula is C27H31NO5S. The molecule has 0 heterocycles. The Balaban J connectivity index is 1.74. The number of carbonyl (C=O) groups excluding carboxylic acids is 1. The van der Waals surface area contributed by atoms with Crippen LogP contribution in [0.25, 0.3) is 0 Å². The zero-order valence-electron chi connectivity index (χ0n) is 19.6. The first-order valence-electron chi connectivity index (χ1n) is 11.4. The lowest BCUT2D eigenvalue weighted by molar-refractivity contribution is -0.117. The lowest BCUT2D eigenvalue weighted by Gasteiger charge is -2.23. The van der Waals surface area contributed by atoms with Gasteiger partial charge in [-0.15, -0.1) is 0 Å². The van der Waals surface area contributed by atoms with Gasteiger partial charge >= 0.3 is 0 Å². The number of anilines is 1. The van der Waals surface area contributed by atoms with Crippen LogP contribution in [0.5, 0.6) is 11.5 Å². The smallest absolute Gasteiger partial charge is 0.270 e. The van der Waals surface area contributed by atoms with Gasteiger partial charge in [0, 0.05) is 6.42 Å². The van der Waals surface area contributed by atoms with Crippen molar-refractivity contribution >= 4 is 21.6 Å². The fraction of sp³-hybridized carbons (Fsp3) is 0.296. The highest BCUT2D eigenvalue weighted by molar-refractivity contribution is 7.93. The Morgan fingerprint density at radius 3 is 2.12 bits per heavy atom. The van der Waals surface area contributed by atoms with E-state index >= 15 is 0 Å². The zero-order valence-corrected chi connectivity index (χ0v) is 20.5. The number of hydrogen-bond acceptors (Lipinski definition) is 5. The first-order valence-corrected chi connectivity index (χ1v) is 12.9. The van der Waals surface area contributed by atoms with Crippen LogP contribution in [0.4, 0.5) is 5.69 Å². The number of hydrogen-bond donors (Lipinski definition) is 0. The average molecular weight is 482 g/mol. The summed E-state index contributed by atoms with van der Waals surface area (Å²) < 4.78 is 38.5. The van der Waals surface area contributed by atoms with Gasteiger partial charge in [-0.3, -0.25) is 4.79 Å². The van der Waals surface area contributed by atoms with Crippen molar-refractivity contribution in [2.75, 3.05) is 18.0 Å². The molecule has 0 saturated heterocycles. The molecule has 3 rings (SSSR count). The number of unbranched alkanes of at least 4 members (excludes halogenated alkanes) is 1. The van der Waals surface area contributed by atoms with Gasteiger partial charge in [-0.1, -0.05) is 43.7 Å². The monoisotopic (exact) mass is 481 g/mol. The summed E-state index contributed by atoms with van der Waals surface area (Å²) in [5.41, 5.74) is 1.45. The first-order chi connectivity index (χ1) is 16.5. The normalized spacial score (nSPS) is 11.1. The van der Waals surface area contributed by atoms with Crippen molar-refractivity contribution in [2.45, 2.75) is 43.9 Å². The van der Waals surface area contributed by atoms with E-state index in [4.69, 9.17) is 9.47 Å². The van der Waals surface area contributed by atoms with Crippen molar-refractivity contribution in [2.24, 2.45) is 0 Å². The number of amides is 1. The van der Waals surface area contributed by atoms with Gasteiger partial charge in [0.2, 0.25) is 5.91 Å². The van der Waals surface area contributed by atoms with Crippen LogP contribution in [0.3, 0.4) is 0 Å². The summed E-state index contributed by atoms with van der Waals surface area (Å²) in [5.74, 6) is 0.887. The number of ether oxygens (including phenoxy) is 2. The number of rotatable bonds is 12. The second kappa shape index (κ2) is 12.2.